The SMILES string of the molecule is C/C=C\C(=C/C)C(=O)c1sc(N2CCOCC2)c(C(=O)OC)c1C(=O)OC. The fourth-order valence-electron chi connectivity index (χ4n) is 2.77. The summed E-state index contributed by atoms with van der Waals surface area (Å²) in [5.41, 5.74) is 0.439. The monoisotopic (exact) mass is 393 g/mol. The van der Waals surface area contributed by atoms with Crippen LogP contribution in [0, 0.1) is 0 Å². The maximum atomic E-state index is 13.1. The zero-order valence-corrected chi connectivity index (χ0v) is 16.7. The summed E-state index contributed by atoms with van der Waals surface area (Å²) >= 11 is 1.10. The van der Waals surface area contributed by atoms with E-state index in [1.807, 2.05) is 4.90 Å². The summed E-state index contributed by atoms with van der Waals surface area (Å²) in [6, 6.07) is 0. The summed E-state index contributed by atoms with van der Waals surface area (Å²) < 4.78 is 15.1. The van der Waals surface area contributed by atoms with Crippen LogP contribution in [0.4, 0.5) is 5.00 Å². The van der Waals surface area contributed by atoms with Crippen LogP contribution in [0.25, 0.3) is 0 Å². The van der Waals surface area contributed by atoms with Crippen molar-refractivity contribution in [1.82, 2.24) is 0 Å². The molecule has 146 valence electrons. The molecule has 1 aliphatic heterocycles. The second-order valence-corrected chi connectivity index (χ2v) is 6.64. The van der Waals surface area contributed by atoms with Crippen LogP contribution in [0.15, 0.2) is 23.8 Å². The van der Waals surface area contributed by atoms with Crippen molar-refractivity contribution in [1.29, 1.82) is 0 Å². The average molecular weight is 393 g/mol. The number of hydrogen-bond donors (Lipinski definition) is 0. The molecule has 0 spiro atoms. The molecule has 2 rings (SSSR count). The normalized spacial score (nSPS) is 15.1. The topological polar surface area (TPSA) is 82.1 Å². The molecule has 0 aliphatic carbocycles. The number of esters is 2. The molecular weight excluding hydrogens is 370 g/mol. The maximum Gasteiger partial charge on any atom is 0.341 e. The predicted molar refractivity (Wildman–Crippen MR) is 103 cm³/mol. The van der Waals surface area contributed by atoms with E-state index in [4.69, 9.17) is 14.2 Å². The lowest BCUT2D eigenvalue weighted by Crippen LogP contribution is -2.36. The molecule has 1 aromatic rings. The van der Waals surface area contributed by atoms with Crippen LogP contribution in [0.1, 0.15) is 44.2 Å². The smallest absolute Gasteiger partial charge is 0.341 e. The van der Waals surface area contributed by atoms with Crippen molar-refractivity contribution < 1.29 is 28.6 Å². The van der Waals surface area contributed by atoms with Gasteiger partial charge < -0.3 is 19.1 Å². The second kappa shape index (κ2) is 9.48. The van der Waals surface area contributed by atoms with Crippen molar-refractivity contribution in [3.63, 3.8) is 0 Å². The quantitative estimate of drug-likeness (QED) is 0.318. The van der Waals surface area contributed by atoms with Gasteiger partial charge in [-0.05, 0) is 13.8 Å². The van der Waals surface area contributed by atoms with E-state index >= 15 is 0 Å². The Hall–Kier alpha value is -2.45. The molecule has 0 bridgehead atoms. The maximum absolute atomic E-state index is 13.1. The Morgan fingerprint density at radius 1 is 1.04 bits per heavy atom. The van der Waals surface area contributed by atoms with Crippen LogP contribution < -0.4 is 4.90 Å². The predicted octanol–water partition coefficient (Wildman–Crippen LogP) is 2.86. The van der Waals surface area contributed by atoms with Gasteiger partial charge in [-0.2, -0.15) is 0 Å². The Balaban J connectivity index is 2.71. The summed E-state index contributed by atoms with van der Waals surface area (Å²) in [6.45, 7) is 5.62. The van der Waals surface area contributed by atoms with Gasteiger partial charge in [0, 0.05) is 18.7 Å². The first-order chi connectivity index (χ1) is 13.0. The van der Waals surface area contributed by atoms with Crippen LogP contribution in [0.2, 0.25) is 0 Å². The van der Waals surface area contributed by atoms with E-state index in [9.17, 15) is 14.4 Å². The van der Waals surface area contributed by atoms with E-state index < -0.39 is 11.9 Å². The molecule has 8 heteroatoms. The third-order valence-corrected chi connectivity index (χ3v) is 5.34. The Kier molecular flexibility index (Phi) is 7.32. The van der Waals surface area contributed by atoms with Gasteiger partial charge in [0.15, 0.2) is 0 Å². The fourth-order valence-corrected chi connectivity index (χ4v) is 4.06. The molecule has 0 unspecified atom stereocenters. The number of ketones is 1. The Labute approximate surface area is 162 Å². The molecule has 0 radical (unpaired) electrons. The standard InChI is InChI=1S/C19H23NO6S/c1-5-7-12(6-2)15(21)16-13(18(22)24-3)14(19(23)25-4)17(27-16)20-8-10-26-11-9-20/h5-7H,8-11H2,1-4H3/b7-5-,12-6+. The molecular formula is C19H23NO6S. The first-order valence-electron chi connectivity index (χ1n) is 8.49. The van der Waals surface area contributed by atoms with Crippen molar-refractivity contribution in [2.24, 2.45) is 0 Å². The fraction of sp³-hybridized carbons (Fsp3) is 0.421. The number of ether oxygens (including phenoxy) is 3. The van der Waals surface area contributed by atoms with Gasteiger partial charge in [-0.15, -0.1) is 11.3 Å². The van der Waals surface area contributed by atoms with Crippen LogP contribution >= 0.6 is 11.3 Å². The number of thiophene rings is 1. The molecule has 1 saturated heterocycles. The van der Waals surface area contributed by atoms with Gasteiger partial charge >= 0.3 is 11.9 Å². The summed E-state index contributed by atoms with van der Waals surface area (Å²) in [7, 11) is 2.45. The van der Waals surface area contributed by atoms with Gasteiger partial charge in [0.25, 0.3) is 0 Å². The number of morpholine rings is 1. The lowest BCUT2D eigenvalue weighted by molar-refractivity contribution is 0.0555. The third kappa shape index (κ3) is 4.28. The number of rotatable bonds is 6. The molecule has 0 atom stereocenters. The first kappa shape index (κ1) is 20.9. The zero-order valence-electron chi connectivity index (χ0n) is 15.9. The average Bonchev–Trinajstić information content (AvgIpc) is 3.11. The largest absolute Gasteiger partial charge is 0.465 e. The van der Waals surface area contributed by atoms with E-state index in [-0.39, 0.29) is 21.8 Å². The van der Waals surface area contributed by atoms with E-state index in [1.54, 1.807) is 32.1 Å². The molecule has 0 saturated carbocycles. The molecule has 1 aliphatic rings. The Bertz CT molecular complexity index is 786. The minimum atomic E-state index is -0.745. The second-order valence-electron chi connectivity index (χ2n) is 5.64. The van der Waals surface area contributed by atoms with E-state index in [2.05, 4.69) is 0 Å². The van der Waals surface area contributed by atoms with Crippen molar-refractivity contribution in [3.8, 4) is 0 Å². The zero-order chi connectivity index (χ0) is 20.0. The Morgan fingerprint density at radius 3 is 2.15 bits per heavy atom. The number of hydrogen-bond acceptors (Lipinski definition) is 8. The summed E-state index contributed by atoms with van der Waals surface area (Å²) in [6.07, 6.45) is 5.06. The lowest BCUT2D eigenvalue weighted by atomic mass is 10.0. The number of Topliss-reactive ketones (excluding diaryl/α,β-unsaturated/α-hetero) is 1. The molecule has 0 N–H and O–H groups in total. The van der Waals surface area contributed by atoms with Crippen LogP contribution in [-0.2, 0) is 14.2 Å². The summed E-state index contributed by atoms with van der Waals surface area (Å²) in [5.74, 6) is -1.77. The lowest BCUT2D eigenvalue weighted by Gasteiger charge is -2.28. The minimum absolute atomic E-state index is 0.0512. The number of carbonyl (C=O) groups is 3. The molecule has 1 fully saturated rings. The first-order valence-corrected chi connectivity index (χ1v) is 9.31. The highest BCUT2D eigenvalue weighted by Crippen LogP contribution is 2.39. The molecule has 27 heavy (non-hydrogen) atoms. The number of methoxy groups -OCH3 is 2. The molecule has 1 aromatic heterocycles. The number of allylic oxidation sites excluding steroid dienone is 4. The Morgan fingerprint density at radius 2 is 1.63 bits per heavy atom. The van der Waals surface area contributed by atoms with Crippen molar-refractivity contribution in [2.45, 2.75) is 13.8 Å². The molecule has 0 amide bonds. The van der Waals surface area contributed by atoms with Crippen molar-refractivity contribution in [2.75, 3.05) is 45.4 Å². The van der Waals surface area contributed by atoms with Crippen LogP contribution in [-0.4, -0.2) is 58.2 Å². The third-order valence-electron chi connectivity index (χ3n) is 4.09. The highest BCUT2D eigenvalue weighted by Gasteiger charge is 2.35. The van der Waals surface area contributed by atoms with Gasteiger partial charge in [-0.3, -0.25) is 4.79 Å². The van der Waals surface area contributed by atoms with E-state index in [0.717, 1.165) is 11.3 Å². The van der Waals surface area contributed by atoms with Crippen molar-refractivity contribution >= 4 is 34.1 Å². The molecule has 2 heterocycles. The van der Waals surface area contributed by atoms with Gasteiger partial charge in [0.2, 0.25) is 5.78 Å². The van der Waals surface area contributed by atoms with E-state index in [0.29, 0.717) is 36.9 Å². The number of anilines is 1. The summed E-state index contributed by atoms with van der Waals surface area (Å²) in [5, 5.41) is 0.518. The van der Waals surface area contributed by atoms with Gasteiger partial charge in [-0.25, -0.2) is 9.59 Å². The van der Waals surface area contributed by atoms with Gasteiger partial charge in [0.1, 0.15) is 10.6 Å². The molecule has 0 aromatic carbocycles. The van der Waals surface area contributed by atoms with Crippen molar-refractivity contribution in [3.05, 3.63) is 39.8 Å². The number of carbonyl (C=O) groups excluding carboxylic acids is 3. The highest BCUT2D eigenvalue weighted by atomic mass is 32.1. The highest BCUT2D eigenvalue weighted by molar-refractivity contribution is 7.19. The number of nitrogens with zero attached hydrogens (tertiary/aromatic N) is 1. The minimum Gasteiger partial charge on any atom is -0.465 e. The van der Waals surface area contributed by atoms with Crippen LogP contribution in [0.5, 0.6) is 0 Å². The molecule has 7 nitrogen and oxygen atoms in total. The summed E-state index contributed by atoms with van der Waals surface area (Å²) in [4.78, 5) is 40.1. The van der Waals surface area contributed by atoms with E-state index in [1.165, 1.54) is 14.2 Å². The van der Waals surface area contributed by atoms with Gasteiger partial charge in [-0.1, -0.05) is 18.2 Å². The van der Waals surface area contributed by atoms with Gasteiger partial charge in [0.05, 0.1) is 37.9 Å². The van der Waals surface area contributed by atoms with Crippen LogP contribution in [0.3, 0.4) is 0 Å².